The van der Waals surface area contributed by atoms with E-state index in [1.807, 2.05) is 0 Å². The van der Waals surface area contributed by atoms with Crippen molar-refractivity contribution in [2.24, 2.45) is 33.8 Å². The van der Waals surface area contributed by atoms with Crippen LogP contribution in [0.1, 0.15) is 26.2 Å². The topological polar surface area (TPSA) is 347 Å². The highest BCUT2D eigenvalue weighted by molar-refractivity contribution is 5.90. The Morgan fingerprint density at radius 3 is 2.40 bits per heavy atom. The van der Waals surface area contributed by atoms with E-state index in [4.69, 9.17) is 42.3 Å². The lowest BCUT2D eigenvalue weighted by atomic mass is 9.72. The quantitative estimate of drug-likeness (QED) is 0.0728. The van der Waals surface area contributed by atoms with Crippen molar-refractivity contribution in [2.75, 3.05) is 26.3 Å². The summed E-state index contributed by atoms with van der Waals surface area (Å²) in [4.78, 5) is 17.0. The predicted octanol–water partition coefficient (Wildman–Crippen LogP) is -8.04. The van der Waals surface area contributed by atoms with Crippen molar-refractivity contribution >= 4 is 11.9 Å². The van der Waals surface area contributed by atoms with Crippen molar-refractivity contribution in [2.45, 2.75) is 117 Å². The lowest BCUT2D eigenvalue weighted by Crippen LogP contribution is -2.70. The second-order valence-electron chi connectivity index (χ2n) is 13.0. The number of hydrogen-bond acceptors (Lipinski definition) is 16. The highest BCUT2D eigenvalue weighted by atomic mass is 16.7. The molecule has 1 amide bonds. The van der Waals surface area contributed by atoms with Gasteiger partial charge in [0.2, 0.25) is 0 Å². The zero-order valence-corrected chi connectivity index (χ0v) is 25.0. The molecule has 16 unspecified atom stereocenters. The number of guanidine groups is 1. The van der Waals surface area contributed by atoms with Gasteiger partial charge in [-0.2, -0.15) is 0 Å². The maximum Gasteiger partial charge on any atom is 0.254 e. The monoisotopic (exact) mass is 651 g/mol. The van der Waals surface area contributed by atoms with E-state index in [-0.39, 0.29) is 51.5 Å². The minimum atomic E-state index is -1.93. The summed E-state index contributed by atoms with van der Waals surface area (Å²) in [5.74, 6) is -2.32. The molecule has 4 rings (SSSR count). The van der Waals surface area contributed by atoms with Gasteiger partial charge in [0, 0.05) is 43.9 Å². The van der Waals surface area contributed by atoms with Crippen LogP contribution in [0.3, 0.4) is 0 Å². The third-order valence-corrected chi connectivity index (χ3v) is 8.99. The molecule has 19 nitrogen and oxygen atoms in total. The van der Waals surface area contributed by atoms with Crippen molar-refractivity contribution in [1.82, 2.24) is 10.6 Å². The molecule has 16 atom stereocenters. The Balaban J connectivity index is 1.56. The number of rotatable bonds is 11. The van der Waals surface area contributed by atoms with E-state index in [0.29, 0.717) is 0 Å². The molecule has 4 aliphatic rings. The summed E-state index contributed by atoms with van der Waals surface area (Å²) < 4.78 is 17.6. The molecule has 0 bridgehead atoms. The van der Waals surface area contributed by atoms with Gasteiger partial charge in [-0.3, -0.25) is 4.79 Å². The molecule has 0 spiro atoms. The van der Waals surface area contributed by atoms with Crippen LogP contribution in [0, 0.1) is 5.92 Å². The van der Waals surface area contributed by atoms with Crippen molar-refractivity contribution in [3.8, 4) is 0 Å². The summed E-state index contributed by atoms with van der Waals surface area (Å²) in [7, 11) is 0. The number of ether oxygens (including phenoxy) is 3. The third kappa shape index (κ3) is 8.01. The molecule has 2 aliphatic heterocycles. The highest BCUT2D eigenvalue weighted by Gasteiger charge is 2.61. The first-order valence-electron chi connectivity index (χ1n) is 15.0. The van der Waals surface area contributed by atoms with Gasteiger partial charge in [-0.15, -0.1) is 0 Å². The molecular formula is C26H49N7O12. The molecule has 45 heavy (non-hydrogen) atoms. The number of aliphatic imine (C=N–C) groups is 1. The van der Waals surface area contributed by atoms with Crippen molar-refractivity contribution in [3.05, 3.63) is 0 Å². The van der Waals surface area contributed by atoms with Crippen LogP contribution >= 0.6 is 0 Å². The van der Waals surface area contributed by atoms with E-state index >= 15 is 0 Å². The average molecular weight is 652 g/mol. The van der Waals surface area contributed by atoms with E-state index in [1.54, 1.807) is 0 Å². The number of aliphatic hydroxyl groups is 8. The number of nitrogens with zero attached hydrogens (tertiary/aromatic N) is 1. The smallest absolute Gasteiger partial charge is 0.254 e. The summed E-state index contributed by atoms with van der Waals surface area (Å²) in [6.45, 7) is 1.08. The molecule has 4 fully saturated rings. The van der Waals surface area contributed by atoms with Gasteiger partial charge in [-0.1, -0.05) is 0 Å². The van der Waals surface area contributed by atoms with Gasteiger partial charge >= 0.3 is 0 Å². The first-order chi connectivity index (χ1) is 21.0. The van der Waals surface area contributed by atoms with Gasteiger partial charge in [-0.05, 0) is 13.3 Å². The van der Waals surface area contributed by atoms with Crippen LogP contribution in [-0.2, 0) is 19.0 Å². The normalized spacial score (nSPS) is 47.5. The van der Waals surface area contributed by atoms with Gasteiger partial charge in [0.05, 0.1) is 49.2 Å². The van der Waals surface area contributed by atoms with Gasteiger partial charge in [0.1, 0.15) is 30.5 Å². The van der Waals surface area contributed by atoms with Gasteiger partial charge in [0.25, 0.3) is 5.91 Å². The van der Waals surface area contributed by atoms with Crippen LogP contribution < -0.4 is 33.6 Å². The second kappa shape index (κ2) is 14.1. The summed E-state index contributed by atoms with van der Waals surface area (Å²) in [5, 5.41) is 90.4. The summed E-state index contributed by atoms with van der Waals surface area (Å²) in [6.07, 6.45) is -13.3. The number of amides is 1. The fourth-order valence-electron chi connectivity index (χ4n) is 6.36. The number of carbonyl (C=O) groups is 1. The van der Waals surface area contributed by atoms with Crippen LogP contribution in [-0.4, -0.2) is 170 Å². The van der Waals surface area contributed by atoms with Crippen LogP contribution in [0.15, 0.2) is 4.99 Å². The molecule has 2 saturated carbocycles. The Bertz CT molecular complexity index is 1060. The van der Waals surface area contributed by atoms with Crippen LogP contribution in [0.5, 0.6) is 0 Å². The van der Waals surface area contributed by atoms with Crippen molar-refractivity contribution in [1.29, 1.82) is 0 Å². The van der Waals surface area contributed by atoms with Crippen LogP contribution in [0.4, 0.5) is 0 Å². The molecule has 2 saturated heterocycles. The van der Waals surface area contributed by atoms with Crippen LogP contribution in [0.2, 0.25) is 0 Å². The predicted molar refractivity (Wildman–Crippen MR) is 154 cm³/mol. The van der Waals surface area contributed by atoms with E-state index in [9.17, 15) is 40.5 Å². The van der Waals surface area contributed by atoms with E-state index in [1.165, 1.54) is 6.92 Å². The van der Waals surface area contributed by atoms with Crippen LogP contribution in [0.25, 0.3) is 0 Å². The Hall–Kier alpha value is -1.82. The molecule has 19 heteroatoms. The van der Waals surface area contributed by atoms with E-state index < -0.39 is 102 Å². The minimum absolute atomic E-state index is 0.0383. The number of nitrogens with two attached hydrogens (primary N) is 4. The third-order valence-electron chi connectivity index (χ3n) is 8.99. The minimum Gasteiger partial charge on any atom is -0.395 e. The highest BCUT2D eigenvalue weighted by Crippen LogP contribution is 2.41. The molecule has 2 aliphatic carbocycles. The molecule has 0 aromatic heterocycles. The standard InChI is InChI=1S/C26H49N7O12/c1-25(41)3-12(35)22(43-8-25)45-20-11(32-23(40)26(42)4-14(26)33-24(29)30)2-10(28)15(17(20)37)21-19(39)18(38)16(36)13(44-21)6-31-5-9(27)7-34/h9-22,31,34-39,41-42H,2-8,27-28H2,1H3,(H,32,40)(H4,29,30,33). The Kier molecular flexibility index (Phi) is 11.3. The fourth-order valence-corrected chi connectivity index (χ4v) is 6.36. The average Bonchev–Trinajstić information content (AvgIpc) is 3.61. The van der Waals surface area contributed by atoms with Gasteiger partial charge < -0.3 is 88.6 Å². The van der Waals surface area contributed by atoms with Crippen molar-refractivity contribution in [3.63, 3.8) is 0 Å². The maximum absolute atomic E-state index is 13.2. The largest absolute Gasteiger partial charge is 0.395 e. The first-order valence-corrected chi connectivity index (χ1v) is 15.0. The second-order valence-corrected chi connectivity index (χ2v) is 13.0. The maximum atomic E-state index is 13.2. The zero-order chi connectivity index (χ0) is 33.4. The lowest BCUT2D eigenvalue weighted by Gasteiger charge is -2.51. The molecule has 0 aromatic carbocycles. The van der Waals surface area contributed by atoms with Gasteiger partial charge in [0.15, 0.2) is 17.9 Å². The Morgan fingerprint density at radius 2 is 1.78 bits per heavy atom. The first kappa shape index (κ1) is 36.0. The van der Waals surface area contributed by atoms with Gasteiger partial charge in [-0.25, -0.2) is 4.99 Å². The number of aliphatic hydroxyl groups excluding tert-OH is 6. The van der Waals surface area contributed by atoms with E-state index in [2.05, 4.69) is 15.6 Å². The Morgan fingerprint density at radius 1 is 1.09 bits per heavy atom. The summed E-state index contributed by atoms with van der Waals surface area (Å²) in [6, 6.07) is -3.56. The van der Waals surface area contributed by atoms with E-state index in [0.717, 1.165) is 0 Å². The Labute approximate surface area is 259 Å². The lowest BCUT2D eigenvalue weighted by molar-refractivity contribution is -0.297. The van der Waals surface area contributed by atoms with Crippen molar-refractivity contribution < 1.29 is 59.9 Å². The summed E-state index contributed by atoms with van der Waals surface area (Å²) >= 11 is 0. The molecule has 18 N–H and O–H groups in total. The molecule has 2 heterocycles. The number of nitrogens with one attached hydrogen (secondary N) is 2. The molecule has 0 radical (unpaired) electrons. The summed E-state index contributed by atoms with van der Waals surface area (Å²) in [5.41, 5.74) is 19.7. The molecule has 260 valence electrons. The molecule has 0 aromatic rings. The fraction of sp³-hybridized carbons (Fsp3) is 0.923. The number of hydrogen-bond donors (Lipinski definition) is 14. The molecular weight excluding hydrogens is 602 g/mol. The number of carbonyl (C=O) groups excluding carboxylic acids is 1. The zero-order valence-electron chi connectivity index (χ0n) is 25.0. The SMILES string of the molecule is CC1(O)COC(OC2C(NC(=O)C3(O)CC3N=C(N)N)CC(N)C(C3OC(CNCC(N)CO)C(O)C(O)C3O)C2O)C(O)C1.